The van der Waals surface area contributed by atoms with Crippen molar-refractivity contribution in [2.24, 2.45) is 0 Å². The van der Waals surface area contributed by atoms with Crippen LogP contribution in [0, 0.1) is 0 Å². The van der Waals surface area contributed by atoms with Gasteiger partial charge in [-0.1, -0.05) is 0 Å². The molecule has 0 aliphatic carbocycles. The summed E-state index contributed by atoms with van der Waals surface area (Å²) in [6.07, 6.45) is 6.34. The Morgan fingerprint density at radius 1 is 1.08 bits per heavy atom. The predicted molar refractivity (Wildman–Crippen MR) is 91.1 cm³/mol. The van der Waals surface area contributed by atoms with Crippen molar-refractivity contribution in [3.05, 3.63) is 55.1 Å². The first-order chi connectivity index (χ1) is 11.5. The smallest absolute Gasteiger partial charge is 0.213 e. The SMILES string of the molecule is CCOc1ccc(-c2cncn2-c2ccc(S(C)(=O)=O)cc2)cn1. The summed E-state index contributed by atoms with van der Waals surface area (Å²) in [5.74, 6) is 0.574. The van der Waals surface area contributed by atoms with Crippen LogP contribution in [-0.2, 0) is 9.84 Å². The highest BCUT2D eigenvalue weighted by Gasteiger charge is 2.10. The van der Waals surface area contributed by atoms with E-state index in [0.29, 0.717) is 12.5 Å². The molecular formula is C17H17N3O3S. The summed E-state index contributed by atoms with van der Waals surface area (Å²) in [5.41, 5.74) is 2.57. The summed E-state index contributed by atoms with van der Waals surface area (Å²) in [4.78, 5) is 8.74. The molecule has 0 spiro atoms. The van der Waals surface area contributed by atoms with E-state index in [0.717, 1.165) is 16.9 Å². The zero-order valence-corrected chi connectivity index (χ0v) is 14.2. The van der Waals surface area contributed by atoms with Gasteiger partial charge in [-0.3, -0.25) is 4.57 Å². The lowest BCUT2D eigenvalue weighted by Crippen LogP contribution is -1.99. The molecule has 7 heteroatoms. The van der Waals surface area contributed by atoms with Gasteiger partial charge in [0.1, 0.15) is 0 Å². The van der Waals surface area contributed by atoms with Crippen molar-refractivity contribution in [1.82, 2.24) is 14.5 Å². The first-order valence-electron chi connectivity index (χ1n) is 7.41. The average Bonchev–Trinajstić information content (AvgIpc) is 3.05. The lowest BCUT2D eigenvalue weighted by Gasteiger charge is -2.09. The number of imidazole rings is 1. The van der Waals surface area contributed by atoms with Crippen molar-refractivity contribution in [2.75, 3.05) is 12.9 Å². The van der Waals surface area contributed by atoms with Crippen LogP contribution < -0.4 is 4.74 Å². The van der Waals surface area contributed by atoms with Gasteiger partial charge in [-0.15, -0.1) is 0 Å². The molecule has 0 amide bonds. The van der Waals surface area contributed by atoms with Gasteiger partial charge in [0.25, 0.3) is 0 Å². The van der Waals surface area contributed by atoms with Crippen LogP contribution in [0.25, 0.3) is 16.9 Å². The van der Waals surface area contributed by atoms with Gasteiger partial charge in [0.15, 0.2) is 9.84 Å². The number of nitrogens with zero attached hydrogens (tertiary/aromatic N) is 3. The molecule has 2 heterocycles. The molecule has 3 rings (SSSR count). The maximum atomic E-state index is 11.6. The summed E-state index contributed by atoms with van der Waals surface area (Å²) < 4.78 is 30.4. The molecule has 0 fully saturated rings. The number of ether oxygens (including phenoxy) is 1. The minimum absolute atomic E-state index is 0.288. The first kappa shape index (κ1) is 16.2. The van der Waals surface area contributed by atoms with E-state index in [1.54, 1.807) is 43.0 Å². The fourth-order valence-corrected chi connectivity index (χ4v) is 2.96. The first-order valence-corrected chi connectivity index (χ1v) is 9.30. The monoisotopic (exact) mass is 343 g/mol. The van der Waals surface area contributed by atoms with Crippen LogP contribution in [-0.4, -0.2) is 35.8 Å². The largest absolute Gasteiger partial charge is 0.478 e. The minimum Gasteiger partial charge on any atom is -0.478 e. The van der Waals surface area contributed by atoms with E-state index in [-0.39, 0.29) is 4.90 Å². The van der Waals surface area contributed by atoms with Gasteiger partial charge in [-0.25, -0.2) is 18.4 Å². The number of hydrogen-bond donors (Lipinski definition) is 0. The van der Waals surface area contributed by atoms with Crippen molar-refractivity contribution < 1.29 is 13.2 Å². The van der Waals surface area contributed by atoms with E-state index in [2.05, 4.69) is 9.97 Å². The Balaban J connectivity index is 1.95. The Labute approximate surface area is 140 Å². The molecule has 6 nitrogen and oxygen atoms in total. The van der Waals surface area contributed by atoms with Gasteiger partial charge >= 0.3 is 0 Å². The summed E-state index contributed by atoms with van der Waals surface area (Å²) in [7, 11) is -3.21. The van der Waals surface area contributed by atoms with Gasteiger partial charge in [-0.05, 0) is 37.3 Å². The zero-order chi connectivity index (χ0) is 17.2. The van der Waals surface area contributed by atoms with Crippen molar-refractivity contribution in [2.45, 2.75) is 11.8 Å². The second-order valence-corrected chi connectivity index (χ2v) is 7.25. The molecule has 0 aliphatic heterocycles. The van der Waals surface area contributed by atoms with E-state index < -0.39 is 9.84 Å². The third kappa shape index (κ3) is 3.30. The third-order valence-electron chi connectivity index (χ3n) is 3.51. The van der Waals surface area contributed by atoms with E-state index in [1.165, 1.54) is 6.26 Å². The van der Waals surface area contributed by atoms with Gasteiger partial charge in [-0.2, -0.15) is 0 Å². The molecule has 24 heavy (non-hydrogen) atoms. The summed E-state index contributed by atoms with van der Waals surface area (Å²) in [6, 6.07) is 10.4. The van der Waals surface area contributed by atoms with Crippen molar-refractivity contribution in [3.63, 3.8) is 0 Å². The third-order valence-corrected chi connectivity index (χ3v) is 4.63. The van der Waals surface area contributed by atoms with Gasteiger partial charge in [0, 0.05) is 29.8 Å². The number of rotatable bonds is 5. The van der Waals surface area contributed by atoms with Crippen molar-refractivity contribution in [3.8, 4) is 22.8 Å². The molecular weight excluding hydrogens is 326 g/mol. The number of hydrogen-bond acceptors (Lipinski definition) is 5. The molecule has 0 N–H and O–H groups in total. The normalized spacial score (nSPS) is 11.4. The lowest BCUT2D eigenvalue weighted by molar-refractivity contribution is 0.327. The quantitative estimate of drug-likeness (QED) is 0.712. The molecule has 0 unspecified atom stereocenters. The fourth-order valence-electron chi connectivity index (χ4n) is 2.33. The predicted octanol–water partition coefficient (Wildman–Crippen LogP) is 2.74. The van der Waals surface area contributed by atoms with Crippen LogP contribution in [0.4, 0.5) is 0 Å². The highest BCUT2D eigenvalue weighted by molar-refractivity contribution is 7.90. The van der Waals surface area contributed by atoms with Crippen LogP contribution in [0.2, 0.25) is 0 Å². The van der Waals surface area contributed by atoms with E-state index >= 15 is 0 Å². The number of sulfone groups is 1. The number of benzene rings is 1. The molecule has 124 valence electrons. The summed E-state index contributed by atoms with van der Waals surface area (Å²) in [6.45, 7) is 2.47. The highest BCUT2D eigenvalue weighted by atomic mass is 32.2. The molecule has 2 aromatic heterocycles. The Hall–Kier alpha value is -2.67. The fraction of sp³-hybridized carbons (Fsp3) is 0.176. The molecule has 0 bridgehead atoms. The second kappa shape index (κ2) is 6.45. The van der Waals surface area contributed by atoms with Crippen LogP contribution in [0.3, 0.4) is 0 Å². The number of pyridine rings is 1. The van der Waals surface area contributed by atoms with Crippen LogP contribution in [0.5, 0.6) is 5.88 Å². The van der Waals surface area contributed by atoms with Crippen LogP contribution in [0.15, 0.2) is 60.0 Å². The number of aromatic nitrogens is 3. The zero-order valence-electron chi connectivity index (χ0n) is 13.4. The van der Waals surface area contributed by atoms with Crippen molar-refractivity contribution >= 4 is 9.84 Å². The standard InChI is InChI=1S/C17H17N3O3S/c1-3-23-17-9-4-13(10-19-17)16-11-18-12-20(16)14-5-7-15(8-6-14)24(2,21)22/h4-12H,3H2,1-2H3. The van der Waals surface area contributed by atoms with E-state index in [9.17, 15) is 8.42 Å². The molecule has 0 radical (unpaired) electrons. The lowest BCUT2D eigenvalue weighted by atomic mass is 10.2. The average molecular weight is 343 g/mol. The topological polar surface area (TPSA) is 74.1 Å². The second-order valence-electron chi connectivity index (χ2n) is 5.23. The van der Waals surface area contributed by atoms with Gasteiger partial charge in [0.2, 0.25) is 5.88 Å². The molecule has 0 aliphatic rings. The van der Waals surface area contributed by atoms with Crippen molar-refractivity contribution in [1.29, 1.82) is 0 Å². The molecule has 0 saturated carbocycles. The van der Waals surface area contributed by atoms with E-state index in [4.69, 9.17) is 4.74 Å². The molecule has 0 atom stereocenters. The molecule has 3 aromatic rings. The van der Waals surface area contributed by atoms with E-state index in [1.807, 2.05) is 23.6 Å². The maximum Gasteiger partial charge on any atom is 0.213 e. The molecule has 1 aromatic carbocycles. The Morgan fingerprint density at radius 2 is 1.83 bits per heavy atom. The Bertz CT molecular complexity index is 930. The summed E-state index contributed by atoms with van der Waals surface area (Å²) >= 11 is 0. The highest BCUT2D eigenvalue weighted by Crippen LogP contribution is 2.24. The van der Waals surface area contributed by atoms with Crippen LogP contribution >= 0.6 is 0 Å². The molecule has 0 saturated heterocycles. The van der Waals surface area contributed by atoms with Gasteiger partial charge in [0.05, 0.1) is 29.7 Å². The summed E-state index contributed by atoms with van der Waals surface area (Å²) in [5, 5.41) is 0. The maximum absolute atomic E-state index is 11.6. The minimum atomic E-state index is -3.21. The van der Waals surface area contributed by atoms with Gasteiger partial charge < -0.3 is 4.74 Å². The Kier molecular flexibility index (Phi) is 4.35. The Morgan fingerprint density at radius 3 is 2.42 bits per heavy atom. The van der Waals surface area contributed by atoms with Crippen LogP contribution in [0.1, 0.15) is 6.92 Å².